The van der Waals surface area contributed by atoms with Crippen molar-refractivity contribution in [1.82, 2.24) is 4.98 Å². The van der Waals surface area contributed by atoms with Crippen molar-refractivity contribution in [3.05, 3.63) is 17.8 Å². The lowest BCUT2D eigenvalue weighted by atomic mass is 10.2. The van der Waals surface area contributed by atoms with Gasteiger partial charge in [0, 0.05) is 12.5 Å². The Morgan fingerprint density at radius 2 is 2.36 bits per heavy atom. The summed E-state index contributed by atoms with van der Waals surface area (Å²) in [5, 5.41) is 0. The van der Waals surface area contributed by atoms with Crippen LogP contribution >= 0.6 is 0 Å². The molecule has 0 atom stereocenters. The average Bonchev–Trinajstić information content (AvgIpc) is 2.50. The number of aromatic amines is 1. The topological polar surface area (TPSA) is 42.1 Å². The molecule has 0 spiro atoms. The molecule has 0 aliphatic carbocycles. The predicted molar refractivity (Wildman–Crippen MR) is 42.0 cm³/mol. The highest BCUT2D eigenvalue weighted by atomic mass is 16.5. The van der Waals surface area contributed by atoms with Crippen molar-refractivity contribution in [2.75, 3.05) is 7.11 Å². The van der Waals surface area contributed by atoms with Gasteiger partial charge >= 0.3 is 0 Å². The van der Waals surface area contributed by atoms with Crippen LogP contribution in [0.15, 0.2) is 12.1 Å². The van der Waals surface area contributed by atoms with Crippen LogP contribution in [0.5, 0.6) is 5.88 Å². The van der Waals surface area contributed by atoms with Gasteiger partial charge in [0.1, 0.15) is 0 Å². The molecule has 1 heterocycles. The summed E-state index contributed by atoms with van der Waals surface area (Å²) in [7, 11) is 1.56. The van der Waals surface area contributed by atoms with Gasteiger partial charge in [-0.15, -0.1) is 0 Å². The van der Waals surface area contributed by atoms with E-state index in [0.29, 0.717) is 18.0 Å². The molecule has 1 aromatic heterocycles. The zero-order valence-electron chi connectivity index (χ0n) is 6.68. The van der Waals surface area contributed by atoms with Crippen LogP contribution in [-0.4, -0.2) is 17.9 Å². The largest absolute Gasteiger partial charge is 0.482 e. The molecule has 1 N–H and O–H groups in total. The van der Waals surface area contributed by atoms with Gasteiger partial charge in [-0.25, -0.2) is 0 Å². The molecule has 60 valence electrons. The maximum atomic E-state index is 11.1. The van der Waals surface area contributed by atoms with Crippen LogP contribution < -0.4 is 4.74 Å². The molecule has 0 aliphatic heterocycles. The number of nitrogens with one attached hydrogen (secondary N) is 1. The van der Waals surface area contributed by atoms with Crippen LogP contribution in [0.1, 0.15) is 23.8 Å². The molecule has 0 aromatic carbocycles. The molecule has 0 saturated carbocycles. The number of aromatic nitrogens is 1. The summed E-state index contributed by atoms with van der Waals surface area (Å²) >= 11 is 0. The van der Waals surface area contributed by atoms with Crippen LogP contribution in [0, 0.1) is 0 Å². The summed E-state index contributed by atoms with van der Waals surface area (Å²) in [5.74, 6) is 0.732. The minimum atomic E-state index is 0.105. The molecule has 3 heteroatoms. The quantitative estimate of drug-likeness (QED) is 0.670. The van der Waals surface area contributed by atoms with Gasteiger partial charge in [-0.2, -0.15) is 0 Å². The Bertz CT molecular complexity index is 252. The van der Waals surface area contributed by atoms with Crippen molar-refractivity contribution < 1.29 is 9.53 Å². The van der Waals surface area contributed by atoms with Crippen LogP contribution in [0.2, 0.25) is 0 Å². The Labute approximate surface area is 65.4 Å². The Morgan fingerprint density at radius 3 is 2.82 bits per heavy atom. The number of Topliss-reactive ketones (excluding diaryl/α,β-unsaturated/α-hetero) is 1. The van der Waals surface area contributed by atoms with E-state index in [1.54, 1.807) is 19.2 Å². The van der Waals surface area contributed by atoms with Crippen LogP contribution in [0.3, 0.4) is 0 Å². The highest BCUT2D eigenvalue weighted by molar-refractivity contribution is 5.94. The highest BCUT2D eigenvalue weighted by Gasteiger charge is 2.04. The van der Waals surface area contributed by atoms with Gasteiger partial charge in [0.2, 0.25) is 0 Å². The molecular weight excluding hydrogens is 142 g/mol. The van der Waals surface area contributed by atoms with E-state index in [4.69, 9.17) is 4.74 Å². The number of hydrogen-bond donors (Lipinski definition) is 1. The third kappa shape index (κ3) is 1.61. The Balaban J connectivity index is 2.80. The van der Waals surface area contributed by atoms with E-state index in [9.17, 15) is 4.79 Å². The third-order valence-electron chi connectivity index (χ3n) is 1.50. The van der Waals surface area contributed by atoms with Crippen molar-refractivity contribution >= 4 is 5.78 Å². The zero-order valence-corrected chi connectivity index (χ0v) is 6.68. The van der Waals surface area contributed by atoms with Gasteiger partial charge in [0.05, 0.1) is 12.8 Å². The molecule has 0 saturated heterocycles. The number of carbonyl (C=O) groups is 1. The number of H-pyrrole nitrogens is 1. The maximum Gasteiger partial charge on any atom is 0.190 e. The first-order chi connectivity index (χ1) is 5.27. The van der Waals surface area contributed by atoms with E-state index in [1.807, 2.05) is 6.92 Å². The molecule has 0 unspecified atom stereocenters. The summed E-state index contributed by atoms with van der Waals surface area (Å²) in [6, 6.07) is 3.47. The smallest absolute Gasteiger partial charge is 0.190 e. The highest BCUT2D eigenvalue weighted by Crippen LogP contribution is 2.10. The lowest BCUT2D eigenvalue weighted by Gasteiger charge is -1.93. The molecule has 1 aromatic rings. The van der Waals surface area contributed by atoms with E-state index in [-0.39, 0.29) is 5.78 Å². The van der Waals surface area contributed by atoms with Gasteiger partial charge in [-0.1, -0.05) is 6.92 Å². The Morgan fingerprint density at radius 1 is 1.64 bits per heavy atom. The molecule has 0 aliphatic rings. The lowest BCUT2D eigenvalue weighted by molar-refractivity contribution is 0.0983. The van der Waals surface area contributed by atoms with Crippen LogP contribution in [-0.2, 0) is 0 Å². The zero-order chi connectivity index (χ0) is 8.27. The predicted octanol–water partition coefficient (Wildman–Crippen LogP) is 1.62. The Hall–Kier alpha value is -1.25. The molecule has 1 rings (SSSR count). The lowest BCUT2D eigenvalue weighted by Crippen LogP contribution is -1.96. The van der Waals surface area contributed by atoms with E-state index >= 15 is 0 Å². The average molecular weight is 153 g/mol. The number of ketones is 1. The summed E-state index contributed by atoms with van der Waals surface area (Å²) in [5.41, 5.74) is 0.615. The molecule has 3 nitrogen and oxygen atoms in total. The second-order valence-corrected chi connectivity index (χ2v) is 2.22. The normalized spacial score (nSPS) is 9.64. The van der Waals surface area contributed by atoms with Crippen molar-refractivity contribution in [1.29, 1.82) is 0 Å². The number of carbonyl (C=O) groups excluding carboxylic acids is 1. The standard InChI is InChI=1S/C8H11NO2/c1-3-7(10)6-4-5-8(9-6)11-2/h4-5,9H,3H2,1-2H3. The van der Waals surface area contributed by atoms with Gasteiger partial charge in [0.15, 0.2) is 11.7 Å². The SMILES string of the molecule is CCC(=O)c1ccc(OC)[nH]1. The first-order valence-electron chi connectivity index (χ1n) is 3.54. The number of ether oxygens (including phenoxy) is 1. The number of hydrogen-bond acceptors (Lipinski definition) is 2. The summed E-state index contributed by atoms with van der Waals surface area (Å²) in [4.78, 5) is 13.9. The second kappa shape index (κ2) is 3.23. The van der Waals surface area contributed by atoms with Crippen LogP contribution in [0.4, 0.5) is 0 Å². The van der Waals surface area contributed by atoms with Crippen molar-refractivity contribution in [2.45, 2.75) is 13.3 Å². The van der Waals surface area contributed by atoms with Gasteiger partial charge in [0.25, 0.3) is 0 Å². The maximum absolute atomic E-state index is 11.1. The van der Waals surface area contributed by atoms with E-state index in [1.165, 1.54) is 0 Å². The van der Waals surface area contributed by atoms with Gasteiger partial charge < -0.3 is 9.72 Å². The molecular formula is C8H11NO2. The molecule has 0 bridgehead atoms. The molecule has 11 heavy (non-hydrogen) atoms. The van der Waals surface area contributed by atoms with Gasteiger partial charge in [-0.05, 0) is 6.07 Å². The monoisotopic (exact) mass is 153 g/mol. The summed E-state index contributed by atoms with van der Waals surface area (Å²) < 4.78 is 4.88. The Kier molecular flexibility index (Phi) is 2.31. The fourth-order valence-corrected chi connectivity index (χ4v) is 0.847. The van der Waals surface area contributed by atoms with E-state index in [2.05, 4.69) is 4.98 Å². The summed E-state index contributed by atoms with van der Waals surface area (Å²) in [6.07, 6.45) is 0.518. The van der Waals surface area contributed by atoms with Crippen LogP contribution in [0.25, 0.3) is 0 Å². The molecule has 0 radical (unpaired) electrons. The number of rotatable bonds is 3. The van der Waals surface area contributed by atoms with E-state index in [0.717, 1.165) is 0 Å². The fraction of sp³-hybridized carbons (Fsp3) is 0.375. The minimum Gasteiger partial charge on any atom is -0.482 e. The summed E-state index contributed by atoms with van der Waals surface area (Å²) in [6.45, 7) is 1.83. The van der Waals surface area contributed by atoms with Crippen molar-refractivity contribution in [3.8, 4) is 5.88 Å². The molecule has 0 fully saturated rings. The van der Waals surface area contributed by atoms with E-state index < -0.39 is 0 Å². The first-order valence-corrected chi connectivity index (χ1v) is 3.54. The fourth-order valence-electron chi connectivity index (χ4n) is 0.847. The first kappa shape index (κ1) is 7.85. The second-order valence-electron chi connectivity index (χ2n) is 2.22. The van der Waals surface area contributed by atoms with Crippen molar-refractivity contribution in [2.24, 2.45) is 0 Å². The number of methoxy groups -OCH3 is 1. The third-order valence-corrected chi connectivity index (χ3v) is 1.50. The minimum absolute atomic E-state index is 0.105. The van der Waals surface area contributed by atoms with Gasteiger partial charge in [-0.3, -0.25) is 4.79 Å². The molecule has 0 amide bonds. The van der Waals surface area contributed by atoms with Crippen molar-refractivity contribution in [3.63, 3.8) is 0 Å².